The summed E-state index contributed by atoms with van der Waals surface area (Å²) in [4.78, 5) is 0. The minimum absolute atomic E-state index is 0.113. The van der Waals surface area contributed by atoms with E-state index in [4.69, 9.17) is 0 Å². The summed E-state index contributed by atoms with van der Waals surface area (Å²) in [5.74, 6) is 0.401. The zero-order valence-electron chi connectivity index (χ0n) is 30.0. The number of fused-ring (bicyclic) bond motifs is 7. The lowest BCUT2D eigenvalue weighted by Crippen LogP contribution is -2.38. The number of benzene rings is 8. The Bertz CT molecular complexity index is 2890. The van der Waals surface area contributed by atoms with Gasteiger partial charge in [-0.1, -0.05) is 172 Å². The van der Waals surface area contributed by atoms with Crippen molar-refractivity contribution in [3.63, 3.8) is 0 Å². The Hall–Kier alpha value is -6.24. The van der Waals surface area contributed by atoms with Gasteiger partial charge in [-0.3, -0.25) is 0 Å². The summed E-state index contributed by atoms with van der Waals surface area (Å²) in [5.41, 5.74) is 18.9. The highest BCUT2D eigenvalue weighted by atomic mass is 14.4. The quantitative estimate of drug-likeness (QED) is 0.174. The molecule has 11 rings (SSSR count). The molecule has 0 fully saturated rings. The van der Waals surface area contributed by atoms with E-state index in [1.165, 1.54) is 99.1 Å². The normalized spacial score (nSPS) is 17.3. The highest BCUT2D eigenvalue weighted by Crippen LogP contribution is 2.58. The van der Waals surface area contributed by atoms with Gasteiger partial charge >= 0.3 is 0 Å². The standard InChI is InChI=1S/C53H38/c1-53(2)46-31-36(33-15-6-3-7-16-33)25-27-40(46)41-28-26-37(32-47(41)53)39-29-38-21-14-24-44-48(38)45(30-39)52-50(35-19-10-5-11-20-35)43-23-13-12-22-42(43)49(51(44)52)34-17-8-4-9-18-34/h3-32,51-52H,1-2H3. The fraction of sp³-hybridized carbons (Fsp3) is 0.0943. The monoisotopic (exact) mass is 674 g/mol. The van der Waals surface area contributed by atoms with Gasteiger partial charge in [-0.05, 0) is 123 Å². The maximum atomic E-state index is 2.54. The van der Waals surface area contributed by atoms with Crippen LogP contribution >= 0.6 is 0 Å². The van der Waals surface area contributed by atoms with Crippen molar-refractivity contribution in [1.82, 2.24) is 0 Å². The molecule has 0 aliphatic heterocycles. The molecule has 0 heterocycles. The zero-order chi connectivity index (χ0) is 35.3. The van der Waals surface area contributed by atoms with E-state index in [9.17, 15) is 0 Å². The Morgan fingerprint density at radius 1 is 0.358 bits per heavy atom. The molecule has 250 valence electrons. The van der Waals surface area contributed by atoms with Crippen LogP contribution in [0.25, 0.3) is 55.3 Å². The van der Waals surface area contributed by atoms with Crippen LogP contribution in [0.15, 0.2) is 182 Å². The number of rotatable bonds is 4. The van der Waals surface area contributed by atoms with Crippen molar-refractivity contribution in [2.45, 2.75) is 31.1 Å². The van der Waals surface area contributed by atoms with Crippen LogP contribution in [0.1, 0.15) is 59.1 Å². The Kier molecular flexibility index (Phi) is 6.53. The van der Waals surface area contributed by atoms with Gasteiger partial charge in [0.1, 0.15) is 0 Å². The van der Waals surface area contributed by atoms with Gasteiger partial charge in [-0.25, -0.2) is 0 Å². The third kappa shape index (κ3) is 4.42. The Morgan fingerprint density at radius 2 is 0.849 bits per heavy atom. The molecule has 0 saturated carbocycles. The summed E-state index contributed by atoms with van der Waals surface area (Å²) < 4.78 is 0. The van der Waals surface area contributed by atoms with Crippen molar-refractivity contribution in [3.8, 4) is 33.4 Å². The van der Waals surface area contributed by atoms with Crippen LogP contribution in [-0.4, -0.2) is 0 Å². The molecule has 0 N–H and O–H groups in total. The van der Waals surface area contributed by atoms with E-state index in [1.807, 2.05) is 0 Å². The fourth-order valence-corrected chi connectivity index (χ4v) is 10.1. The van der Waals surface area contributed by atoms with E-state index in [-0.39, 0.29) is 17.3 Å². The summed E-state index contributed by atoms with van der Waals surface area (Å²) in [6, 6.07) is 68.4. The number of hydrogen-bond acceptors (Lipinski definition) is 0. The first-order valence-corrected chi connectivity index (χ1v) is 18.9. The second-order valence-corrected chi connectivity index (χ2v) is 15.6. The van der Waals surface area contributed by atoms with Gasteiger partial charge < -0.3 is 0 Å². The van der Waals surface area contributed by atoms with Gasteiger partial charge in [0.05, 0.1) is 0 Å². The molecule has 2 unspecified atom stereocenters. The molecule has 0 heteroatoms. The van der Waals surface area contributed by atoms with Gasteiger partial charge in [0, 0.05) is 17.3 Å². The van der Waals surface area contributed by atoms with Gasteiger partial charge in [0.2, 0.25) is 0 Å². The fourth-order valence-electron chi connectivity index (χ4n) is 10.1. The van der Waals surface area contributed by atoms with E-state index in [2.05, 4.69) is 196 Å². The third-order valence-corrected chi connectivity index (χ3v) is 12.5. The maximum Gasteiger partial charge on any atom is 0.0218 e. The third-order valence-electron chi connectivity index (χ3n) is 12.5. The molecule has 8 aromatic rings. The Morgan fingerprint density at radius 3 is 1.42 bits per heavy atom. The lowest BCUT2D eigenvalue weighted by Gasteiger charge is -2.32. The summed E-state index contributed by atoms with van der Waals surface area (Å²) in [5, 5.41) is 5.43. The van der Waals surface area contributed by atoms with Gasteiger partial charge in [0.15, 0.2) is 0 Å². The van der Waals surface area contributed by atoms with Crippen LogP contribution in [-0.2, 0) is 5.41 Å². The first kappa shape index (κ1) is 30.4. The summed E-state index contributed by atoms with van der Waals surface area (Å²) >= 11 is 0. The van der Waals surface area contributed by atoms with E-state index >= 15 is 0 Å². The van der Waals surface area contributed by atoms with Crippen molar-refractivity contribution < 1.29 is 0 Å². The molecule has 53 heavy (non-hydrogen) atoms. The molecule has 0 saturated heterocycles. The predicted molar refractivity (Wildman–Crippen MR) is 221 cm³/mol. The molecular formula is C53H38. The lowest BCUT2D eigenvalue weighted by atomic mass is 9.70. The smallest absolute Gasteiger partial charge is 0.0218 e. The average molecular weight is 675 g/mol. The van der Waals surface area contributed by atoms with Crippen LogP contribution in [0.2, 0.25) is 0 Å². The molecule has 8 aromatic carbocycles. The summed E-state index contributed by atoms with van der Waals surface area (Å²) in [6.45, 7) is 4.79. The molecule has 2 atom stereocenters. The van der Waals surface area contributed by atoms with Crippen molar-refractivity contribution >= 4 is 21.9 Å². The molecule has 0 nitrogen and oxygen atoms in total. The second-order valence-electron chi connectivity index (χ2n) is 15.6. The minimum atomic E-state index is -0.113. The molecule has 3 aliphatic carbocycles. The first-order chi connectivity index (χ1) is 26.1. The van der Waals surface area contributed by atoms with E-state index < -0.39 is 0 Å². The summed E-state index contributed by atoms with van der Waals surface area (Å²) in [7, 11) is 0. The molecule has 0 radical (unpaired) electrons. The topological polar surface area (TPSA) is 0 Å². The average Bonchev–Trinajstić information content (AvgIpc) is 3.66. The highest BCUT2D eigenvalue weighted by Gasteiger charge is 2.42. The highest BCUT2D eigenvalue weighted by molar-refractivity contribution is 6.02. The Labute approximate surface area is 311 Å². The van der Waals surface area contributed by atoms with Crippen molar-refractivity contribution in [1.29, 1.82) is 0 Å². The van der Waals surface area contributed by atoms with E-state index in [0.29, 0.717) is 0 Å². The summed E-state index contributed by atoms with van der Waals surface area (Å²) in [6.07, 6.45) is 0. The Balaban J connectivity index is 1.12. The van der Waals surface area contributed by atoms with Crippen LogP contribution < -0.4 is 10.4 Å². The molecular weight excluding hydrogens is 637 g/mol. The van der Waals surface area contributed by atoms with Crippen LogP contribution in [0.3, 0.4) is 0 Å². The van der Waals surface area contributed by atoms with Crippen molar-refractivity contribution in [3.05, 3.63) is 226 Å². The second kappa shape index (κ2) is 11.4. The lowest BCUT2D eigenvalue weighted by molar-refractivity contribution is 0.661. The van der Waals surface area contributed by atoms with Gasteiger partial charge in [-0.15, -0.1) is 0 Å². The van der Waals surface area contributed by atoms with Crippen molar-refractivity contribution in [2.24, 2.45) is 0 Å². The van der Waals surface area contributed by atoms with E-state index in [0.717, 1.165) is 0 Å². The van der Waals surface area contributed by atoms with Crippen molar-refractivity contribution in [2.75, 3.05) is 0 Å². The molecule has 0 bridgehead atoms. The van der Waals surface area contributed by atoms with Gasteiger partial charge in [-0.2, -0.15) is 0 Å². The minimum Gasteiger partial charge on any atom is -0.0622 e. The molecule has 0 amide bonds. The predicted octanol–water partition coefficient (Wildman–Crippen LogP) is 11.8. The maximum absolute atomic E-state index is 2.54. The largest absolute Gasteiger partial charge is 0.0622 e. The molecule has 0 aromatic heterocycles. The molecule has 0 spiro atoms. The number of hydrogen-bond donors (Lipinski definition) is 0. The first-order valence-electron chi connectivity index (χ1n) is 18.9. The molecule has 3 aliphatic rings. The van der Waals surface area contributed by atoms with Crippen LogP contribution in [0, 0.1) is 0 Å². The van der Waals surface area contributed by atoms with E-state index in [1.54, 1.807) is 0 Å². The van der Waals surface area contributed by atoms with Crippen LogP contribution in [0.4, 0.5) is 0 Å². The van der Waals surface area contributed by atoms with Crippen LogP contribution in [0.5, 0.6) is 0 Å². The van der Waals surface area contributed by atoms with Gasteiger partial charge in [0.25, 0.3) is 0 Å². The SMILES string of the molecule is CC1(C)c2cc(-c3ccccc3)ccc2-c2ccc(-c3cc4c5c(cccc5c3)C3C(c5ccccc5)=c5ccccc5=C(c5ccccc5)C43)cc21. The zero-order valence-corrected chi connectivity index (χ0v) is 30.0.